The molecular formula is C21H28BrN5O3. The third-order valence-corrected chi connectivity index (χ3v) is 5.21. The summed E-state index contributed by atoms with van der Waals surface area (Å²) < 4.78 is 7.82. The van der Waals surface area contributed by atoms with E-state index >= 15 is 0 Å². The van der Waals surface area contributed by atoms with Crippen LogP contribution in [0.5, 0.6) is 0 Å². The number of halogens is 1. The van der Waals surface area contributed by atoms with Gasteiger partial charge in [0.1, 0.15) is 17.1 Å². The summed E-state index contributed by atoms with van der Waals surface area (Å²) in [6, 6.07) is 5.57. The van der Waals surface area contributed by atoms with Crippen molar-refractivity contribution in [3.05, 3.63) is 45.4 Å². The number of ether oxygens (including phenoxy) is 1. The molecule has 0 radical (unpaired) electrons. The van der Waals surface area contributed by atoms with E-state index in [-0.39, 0.29) is 17.7 Å². The van der Waals surface area contributed by atoms with Crippen molar-refractivity contribution in [3.63, 3.8) is 0 Å². The largest absolute Gasteiger partial charge is 0.444 e. The van der Waals surface area contributed by atoms with Crippen LogP contribution < -0.4 is 15.8 Å². The Kier molecular flexibility index (Phi) is 6.40. The number of amides is 1. The molecule has 1 fully saturated rings. The molecular weight excluding hydrogens is 450 g/mol. The van der Waals surface area contributed by atoms with Crippen LogP contribution in [0.2, 0.25) is 0 Å². The molecule has 1 aliphatic rings. The lowest BCUT2D eigenvalue weighted by Gasteiger charge is -2.41. The van der Waals surface area contributed by atoms with E-state index in [2.05, 4.69) is 31.1 Å². The quantitative estimate of drug-likeness (QED) is 0.725. The first-order valence-corrected chi connectivity index (χ1v) is 10.7. The molecule has 0 saturated carbocycles. The van der Waals surface area contributed by atoms with Crippen LogP contribution in [0, 0.1) is 0 Å². The molecule has 162 valence electrons. The highest BCUT2D eigenvalue weighted by Gasteiger charge is 2.31. The molecule has 0 spiro atoms. The van der Waals surface area contributed by atoms with E-state index in [1.165, 1.54) is 4.57 Å². The van der Waals surface area contributed by atoms with Crippen molar-refractivity contribution >= 4 is 39.2 Å². The Balaban J connectivity index is 1.65. The van der Waals surface area contributed by atoms with Crippen LogP contribution in [0.1, 0.15) is 27.7 Å². The monoisotopic (exact) mass is 477 g/mol. The summed E-state index contributed by atoms with van der Waals surface area (Å²) in [4.78, 5) is 33.1. The smallest absolute Gasteiger partial charge is 0.410 e. The van der Waals surface area contributed by atoms with Gasteiger partial charge in [0.15, 0.2) is 0 Å². The zero-order valence-electron chi connectivity index (χ0n) is 18.0. The van der Waals surface area contributed by atoms with Crippen molar-refractivity contribution in [2.24, 2.45) is 7.05 Å². The molecule has 3 heterocycles. The fourth-order valence-corrected chi connectivity index (χ4v) is 3.87. The predicted octanol–water partition coefficient (Wildman–Crippen LogP) is 3.73. The molecule has 8 nitrogen and oxygen atoms in total. The van der Waals surface area contributed by atoms with E-state index in [9.17, 15) is 9.59 Å². The Morgan fingerprint density at radius 1 is 1.30 bits per heavy atom. The Morgan fingerprint density at radius 3 is 2.63 bits per heavy atom. The summed E-state index contributed by atoms with van der Waals surface area (Å²) in [6.45, 7) is 9.61. The lowest BCUT2D eigenvalue weighted by atomic mass is 10.1. The van der Waals surface area contributed by atoms with Gasteiger partial charge < -0.3 is 24.4 Å². The molecule has 1 amide bonds. The number of piperazine rings is 1. The second kappa shape index (κ2) is 8.67. The Bertz CT molecular complexity index is 968. The molecule has 1 atom stereocenters. The van der Waals surface area contributed by atoms with Gasteiger partial charge in [-0.15, -0.1) is 0 Å². The third-order valence-electron chi connectivity index (χ3n) is 4.78. The minimum atomic E-state index is -0.504. The van der Waals surface area contributed by atoms with Crippen LogP contribution in [0.25, 0.3) is 0 Å². The summed E-state index contributed by atoms with van der Waals surface area (Å²) >= 11 is 3.40. The first-order chi connectivity index (χ1) is 14.0. The normalized spacial score (nSPS) is 17.1. The Hall–Kier alpha value is -2.55. The topological polar surface area (TPSA) is 79.7 Å². The second-order valence-corrected chi connectivity index (χ2v) is 9.40. The molecule has 0 bridgehead atoms. The van der Waals surface area contributed by atoms with Gasteiger partial charge in [0, 0.05) is 43.4 Å². The fourth-order valence-electron chi connectivity index (χ4n) is 3.33. The van der Waals surface area contributed by atoms with E-state index in [0.717, 1.165) is 10.2 Å². The standard InChI is InChI=1S/C21H28BrN5O3/c1-14-12-26(8-9-27(14)20(29)30-21(2,3)4)16-6-7-18(23-11-16)24-17-10-15(22)13-25(5)19(17)28/h6-7,10-11,13-14H,8-9,12H2,1-5H3,(H,23,24). The first kappa shape index (κ1) is 22.1. The molecule has 2 aromatic heterocycles. The maximum atomic E-state index is 12.4. The molecule has 3 rings (SSSR count). The van der Waals surface area contributed by atoms with Gasteiger partial charge in [0.25, 0.3) is 5.56 Å². The van der Waals surface area contributed by atoms with Crippen LogP contribution in [0.3, 0.4) is 0 Å². The molecule has 0 aliphatic carbocycles. The van der Waals surface area contributed by atoms with Crippen molar-refractivity contribution < 1.29 is 9.53 Å². The maximum absolute atomic E-state index is 12.4. The maximum Gasteiger partial charge on any atom is 0.410 e. The van der Waals surface area contributed by atoms with Crippen molar-refractivity contribution in [1.29, 1.82) is 0 Å². The number of nitrogens with zero attached hydrogens (tertiary/aromatic N) is 4. The number of hydrogen-bond acceptors (Lipinski definition) is 6. The van der Waals surface area contributed by atoms with Crippen molar-refractivity contribution in [2.45, 2.75) is 39.3 Å². The summed E-state index contributed by atoms with van der Waals surface area (Å²) in [5.74, 6) is 0.592. The summed E-state index contributed by atoms with van der Waals surface area (Å²) in [7, 11) is 1.70. The van der Waals surface area contributed by atoms with Crippen LogP contribution in [-0.2, 0) is 11.8 Å². The van der Waals surface area contributed by atoms with Crippen molar-refractivity contribution in [2.75, 3.05) is 29.9 Å². The number of carbonyl (C=O) groups excluding carboxylic acids is 1. The minimum Gasteiger partial charge on any atom is -0.444 e. The highest BCUT2D eigenvalue weighted by Crippen LogP contribution is 2.22. The molecule has 9 heteroatoms. The van der Waals surface area contributed by atoms with Crippen LogP contribution in [0.15, 0.2) is 39.9 Å². The van der Waals surface area contributed by atoms with Gasteiger partial charge in [0.05, 0.1) is 11.9 Å². The SMILES string of the molecule is CC1CN(c2ccc(Nc3cc(Br)cn(C)c3=O)nc2)CCN1C(=O)OC(C)(C)C. The number of aromatic nitrogens is 2. The molecule has 30 heavy (non-hydrogen) atoms. The van der Waals surface area contributed by atoms with Gasteiger partial charge in [-0.3, -0.25) is 4.79 Å². The van der Waals surface area contributed by atoms with Gasteiger partial charge in [-0.25, -0.2) is 9.78 Å². The highest BCUT2D eigenvalue weighted by atomic mass is 79.9. The minimum absolute atomic E-state index is 0.0242. The van der Waals surface area contributed by atoms with E-state index in [1.54, 1.807) is 30.4 Å². The number of anilines is 3. The lowest BCUT2D eigenvalue weighted by Crippen LogP contribution is -2.55. The van der Waals surface area contributed by atoms with Gasteiger partial charge in [-0.05, 0) is 61.8 Å². The molecule has 1 saturated heterocycles. The third kappa shape index (κ3) is 5.33. The molecule has 1 aliphatic heterocycles. The van der Waals surface area contributed by atoms with Gasteiger partial charge in [0.2, 0.25) is 0 Å². The highest BCUT2D eigenvalue weighted by molar-refractivity contribution is 9.10. The fraction of sp³-hybridized carbons (Fsp3) is 0.476. The lowest BCUT2D eigenvalue weighted by molar-refractivity contribution is 0.0159. The van der Waals surface area contributed by atoms with Crippen LogP contribution in [0.4, 0.5) is 22.0 Å². The van der Waals surface area contributed by atoms with Gasteiger partial charge >= 0.3 is 6.09 Å². The van der Waals surface area contributed by atoms with E-state index in [4.69, 9.17) is 4.74 Å². The summed E-state index contributed by atoms with van der Waals surface area (Å²) in [5.41, 5.74) is 0.789. The molecule has 1 N–H and O–H groups in total. The Morgan fingerprint density at radius 2 is 2.03 bits per heavy atom. The van der Waals surface area contributed by atoms with E-state index in [1.807, 2.05) is 39.8 Å². The average molecular weight is 478 g/mol. The summed E-state index contributed by atoms with van der Waals surface area (Å²) in [5, 5.41) is 3.07. The number of pyridine rings is 2. The molecule has 1 unspecified atom stereocenters. The van der Waals surface area contributed by atoms with Crippen molar-refractivity contribution in [1.82, 2.24) is 14.5 Å². The average Bonchev–Trinajstić information content (AvgIpc) is 2.64. The second-order valence-electron chi connectivity index (χ2n) is 8.48. The molecule has 2 aromatic rings. The van der Waals surface area contributed by atoms with Gasteiger partial charge in [-0.1, -0.05) is 0 Å². The number of hydrogen-bond donors (Lipinski definition) is 1. The number of nitrogens with one attached hydrogen (secondary N) is 1. The zero-order valence-corrected chi connectivity index (χ0v) is 19.6. The predicted molar refractivity (Wildman–Crippen MR) is 122 cm³/mol. The summed E-state index contributed by atoms with van der Waals surface area (Å²) in [6.07, 6.45) is 3.21. The number of carbonyl (C=O) groups is 1. The molecule has 0 aromatic carbocycles. The van der Waals surface area contributed by atoms with Gasteiger partial charge in [-0.2, -0.15) is 0 Å². The van der Waals surface area contributed by atoms with Crippen LogP contribution in [-0.4, -0.2) is 51.8 Å². The van der Waals surface area contributed by atoms with E-state index < -0.39 is 5.60 Å². The first-order valence-electron chi connectivity index (χ1n) is 9.87. The Labute approximate surface area is 185 Å². The number of aryl methyl sites for hydroxylation is 1. The zero-order chi connectivity index (χ0) is 22.1. The van der Waals surface area contributed by atoms with Crippen LogP contribution >= 0.6 is 15.9 Å². The van der Waals surface area contributed by atoms with E-state index in [0.29, 0.717) is 31.1 Å². The van der Waals surface area contributed by atoms with Crippen molar-refractivity contribution in [3.8, 4) is 0 Å². The number of rotatable bonds is 3.